The molecule has 1 unspecified atom stereocenters. The first-order chi connectivity index (χ1) is 12.8. The van der Waals surface area contributed by atoms with Gasteiger partial charge in [0.15, 0.2) is 16.8 Å². The fraction of sp³-hybridized carbons (Fsp3) is 0.500. The average Bonchev–Trinajstić information content (AvgIpc) is 3.06. The Kier molecular flexibility index (Phi) is 5.69. The van der Waals surface area contributed by atoms with Gasteiger partial charge >= 0.3 is 5.97 Å². The molecule has 0 aliphatic heterocycles. The number of carbonyl (C=O) groups is 2. The van der Waals surface area contributed by atoms with Gasteiger partial charge in [-0.05, 0) is 12.8 Å². The summed E-state index contributed by atoms with van der Waals surface area (Å²) in [5, 5.41) is 9.16. The van der Waals surface area contributed by atoms with Crippen molar-refractivity contribution in [1.82, 2.24) is 4.98 Å². The predicted octanol–water partition coefficient (Wildman–Crippen LogP) is 4.49. The number of aromatic nitrogens is 1. The number of hydrogen-bond donors (Lipinski definition) is 1. The van der Waals surface area contributed by atoms with Gasteiger partial charge in [-0.1, -0.05) is 37.5 Å². The van der Waals surface area contributed by atoms with Crippen LogP contribution >= 0.6 is 11.3 Å². The van der Waals surface area contributed by atoms with Crippen molar-refractivity contribution in [2.45, 2.75) is 51.5 Å². The summed E-state index contributed by atoms with van der Waals surface area (Å²) in [6.07, 6.45) is 3.96. The molecule has 1 heterocycles. The smallest absolute Gasteiger partial charge is 0.306 e. The van der Waals surface area contributed by atoms with Gasteiger partial charge in [-0.25, -0.2) is 18.2 Å². The molecule has 1 amide bonds. The number of benzene rings is 1. The van der Waals surface area contributed by atoms with E-state index in [1.807, 2.05) is 0 Å². The predicted molar refractivity (Wildman–Crippen MR) is 95.3 cm³/mol. The normalized spacial score (nSPS) is 16.4. The summed E-state index contributed by atoms with van der Waals surface area (Å²) >= 11 is 0.777. The number of halogens is 3. The summed E-state index contributed by atoms with van der Waals surface area (Å²) in [7, 11) is 0. The van der Waals surface area contributed by atoms with Crippen LogP contribution in [0.15, 0.2) is 6.07 Å². The molecule has 0 spiro atoms. The molecule has 1 saturated carbocycles. The number of anilines is 1. The van der Waals surface area contributed by atoms with Crippen LogP contribution in [0.2, 0.25) is 0 Å². The zero-order valence-electron chi connectivity index (χ0n) is 14.7. The van der Waals surface area contributed by atoms with Crippen molar-refractivity contribution in [2.75, 3.05) is 4.90 Å². The highest BCUT2D eigenvalue weighted by molar-refractivity contribution is 7.22. The third-order valence-electron chi connectivity index (χ3n) is 4.82. The van der Waals surface area contributed by atoms with E-state index in [2.05, 4.69) is 4.98 Å². The molecule has 146 valence electrons. The molecule has 1 aliphatic carbocycles. The Labute approximate surface area is 157 Å². The molecule has 0 saturated heterocycles. The fourth-order valence-electron chi connectivity index (χ4n) is 3.33. The molecule has 27 heavy (non-hydrogen) atoms. The molecule has 1 atom stereocenters. The number of fused-ring (bicyclic) bond motifs is 1. The van der Waals surface area contributed by atoms with E-state index in [1.54, 1.807) is 0 Å². The van der Waals surface area contributed by atoms with Crippen molar-refractivity contribution < 1.29 is 27.9 Å². The van der Waals surface area contributed by atoms with Gasteiger partial charge in [0.25, 0.3) is 0 Å². The topological polar surface area (TPSA) is 70.5 Å². The average molecular weight is 400 g/mol. The van der Waals surface area contributed by atoms with E-state index >= 15 is 0 Å². The molecule has 1 fully saturated rings. The maximum absolute atomic E-state index is 14.0. The molecule has 2 aromatic rings. The van der Waals surface area contributed by atoms with Crippen LogP contribution in [0.5, 0.6) is 0 Å². The van der Waals surface area contributed by atoms with Gasteiger partial charge in [-0.3, -0.25) is 14.5 Å². The minimum absolute atomic E-state index is 0.0721. The van der Waals surface area contributed by atoms with E-state index in [0.717, 1.165) is 30.6 Å². The Balaban J connectivity index is 2.03. The lowest BCUT2D eigenvalue weighted by molar-refractivity contribution is -0.143. The third kappa shape index (κ3) is 3.92. The summed E-state index contributed by atoms with van der Waals surface area (Å²) in [6, 6.07) is 0.239. The minimum Gasteiger partial charge on any atom is -0.481 e. The summed E-state index contributed by atoms with van der Waals surface area (Å²) < 4.78 is 41.4. The molecule has 1 aromatic heterocycles. The highest BCUT2D eigenvalue weighted by atomic mass is 32.1. The van der Waals surface area contributed by atoms with Crippen LogP contribution < -0.4 is 4.90 Å². The van der Waals surface area contributed by atoms with Crippen LogP contribution in [0.25, 0.3) is 10.2 Å². The number of thiazole rings is 1. The zero-order chi connectivity index (χ0) is 19.7. The van der Waals surface area contributed by atoms with Crippen molar-refractivity contribution in [2.24, 2.45) is 5.92 Å². The van der Waals surface area contributed by atoms with Crippen LogP contribution in [-0.4, -0.2) is 28.0 Å². The number of carbonyl (C=O) groups excluding carboxylic acids is 1. The quantitative estimate of drug-likeness (QED) is 0.751. The van der Waals surface area contributed by atoms with E-state index in [1.165, 1.54) is 11.8 Å². The fourth-order valence-corrected chi connectivity index (χ4v) is 4.39. The van der Waals surface area contributed by atoms with Gasteiger partial charge < -0.3 is 5.11 Å². The standard InChI is InChI=1S/C18H19F3N2O3S/c1-9(17(25)26)7-13(24)23(10-5-3-2-4-6-10)18-22-15-14(21)11(19)8-12(20)16(15)27-18/h8-10H,2-7H2,1H3,(H,25,26). The molecule has 0 radical (unpaired) electrons. The number of hydrogen-bond acceptors (Lipinski definition) is 4. The highest BCUT2D eigenvalue weighted by Gasteiger charge is 2.32. The number of rotatable bonds is 5. The first kappa shape index (κ1) is 19.6. The van der Waals surface area contributed by atoms with Crippen molar-refractivity contribution >= 4 is 38.6 Å². The second-order valence-corrected chi connectivity index (χ2v) is 7.80. The summed E-state index contributed by atoms with van der Waals surface area (Å²) in [6.45, 7) is 1.42. The summed E-state index contributed by atoms with van der Waals surface area (Å²) in [5.41, 5.74) is -0.451. The molecule has 5 nitrogen and oxygen atoms in total. The number of nitrogens with zero attached hydrogens (tertiary/aromatic N) is 2. The maximum atomic E-state index is 14.0. The van der Waals surface area contributed by atoms with Gasteiger partial charge in [0, 0.05) is 18.5 Å². The molecule has 1 aliphatic rings. The Morgan fingerprint density at radius 1 is 1.26 bits per heavy atom. The van der Waals surface area contributed by atoms with Gasteiger partial charge in [0.05, 0.1) is 10.6 Å². The third-order valence-corrected chi connectivity index (χ3v) is 5.88. The van der Waals surface area contributed by atoms with Gasteiger partial charge in [0.2, 0.25) is 5.91 Å². The molecule has 1 N–H and O–H groups in total. The number of aliphatic carboxylic acids is 1. The highest BCUT2D eigenvalue weighted by Crippen LogP contribution is 2.37. The Morgan fingerprint density at radius 2 is 1.93 bits per heavy atom. The lowest BCUT2D eigenvalue weighted by Gasteiger charge is -2.33. The molecule has 1 aromatic carbocycles. The molecular weight excluding hydrogens is 381 g/mol. The van der Waals surface area contributed by atoms with Gasteiger partial charge in [-0.2, -0.15) is 0 Å². The van der Waals surface area contributed by atoms with E-state index in [0.29, 0.717) is 18.9 Å². The van der Waals surface area contributed by atoms with E-state index in [9.17, 15) is 22.8 Å². The zero-order valence-corrected chi connectivity index (χ0v) is 15.5. The first-order valence-corrected chi connectivity index (χ1v) is 9.60. The van der Waals surface area contributed by atoms with Crippen LogP contribution in [0.1, 0.15) is 45.4 Å². The maximum Gasteiger partial charge on any atom is 0.306 e. The van der Waals surface area contributed by atoms with Crippen LogP contribution in [-0.2, 0) is 9.59 Å². The Morgan fingerprint density at radius 3 is 2.56 bits per heavy atom. The lowest BCUT2D eigenvalue weighted by atomic mass is 9.94. The van der Waals surface area contributed by atoms with Crippen LogP contribution in [0.4, 0.5) is 18.3 Å². The Hall–Kier alpha value is -2.16. The van der Waals surface area contributed by atoms with Crippen molar-refractivity contribution in [3.05, 3.63) is 23.5 Å². The number of amides is 1. The molecular formula is C18H19F3N2O3S. The second kappa shape index (κ2) is 7.84. The van der Waals surface area contributed by atoms with Gasteiger partial charge in [0.1, 0.15) is 11.3 Å². The van der Waals surface area contributed by atoms with E-state index < -0.39 is 40.8 Å². The SMILES string of the molecule is CC(CC(=O)N(c1nc2c(F)c(F)cc(F)c2s1)C1CCCCC1)C(=O)O. The van der Waals surface area contributed by atoms with Crippen molar-refractivity contribution in [3.63, 3.8) is 0 Å². The lowest BCUT2D eigenvalue weighted by Crippen LogP contribution is -2.42. The number of carboxylic acids is 1. The second-order valence-electron chi connectivity index (χ2n) is 6.83. The number of carboxylic acid groups (broad SMARTS) is 1. The Bertz CT molecular complexity index is 880. The first-order valence-electron chi connectivity index (χ1n) is 8.78. The van der Waals surface area contributed by atoms with Crippen molar-refractivity contribution in [1.29, 1.82) is 0 Å². The van der Waals surface area contributed by atoms with Crippen molar-refractivity contribution in [3.8, 4) is 0 Å². The minimum atomic E-state index is -1.34. The summed E-state index contributed by atoms with van der Waals surface area (Å²) in [4.78, 5) is 29.3. The van der Waals surface area contributed by atoms with E-state index in [-0.39, 0.29) is 22.3 Å². The van der Waals surface area contributed by atoms with Crippen LogP contribution in [0, 0.1) is 23.4 Å². The molecule has 0 bridgehead atoms. The molecule has 3 rings (SSSR count). The van der Waals surface area contributed by atoms with Gasteiger partial charge in [-0.15, -0.1) is 0 Å². The van der Waals surface area contributed by atoms with Crippen LogP contribution in [0.3, 0.4) is 0 Å². The van der Waals surface area contributed by atoms with E-state index in [4.69, 9.17) is 5.11 Å². The largest absolute Gasteiger partial charge is 0.481 e. The molecule has 9 heteroatoms. The monoisotopic (exact) mass is 400 g/mol. The summed E-state index contributed by atoms with van der Waals surface area (Å²) in [5.74, 6) is -6.00.